The summed E-state index contributed by atoms with van der Waals surface area (Å²) in [6.45, 7) is 2.92. The second-order valence-electron chi connectivity index (χ2n) is 8.86. The summed E-state index contributed by atoms with van der Waals surface area (Å²) < 4.78 is 0. The van der Waals surface area contributed by atoms with E-state index in [1.165, 1.54) is 23.2 Å². The van der Waals surface area contributed by atoms with Crippen molar-refractivity contribution in [3.63, 3.8) is 0 Å². The minimum absolute atomic E-state index is 0.0423. The van der Waals surface area contributed by atoms with E-state index in [-0.39, 0.29) is 11.9 Å². The van der Waals surface area contributed by atoms with Crippen LogP contribution in [0.4, 0.5) is 11.5 Å². The van der Waals surface area contributed by atoms with Crippen LogP contribution in [-0.4, -0.2) is 50.1 Å². The number of nitrogens with one attached hydrogen (secondary N) is 3. The van der Waals surface area contributed by atoms with E-state index >= 15 is 0 Å². The molecule has 8 nitrogen and oxygen atoms in total. The molecule has 0 saturated carbocycles. The van der Waals surface area contributed by atoms with Crippen LogP contribution in [0.1, 0.15) is 28.1 Å². The highest BCUT2D eigenvalue weighted by molar-refractivity contribution is 7.20. The number of hydrogen-bond acceptors (Lipinski definition) is 7. The number of carbonyl (C=O) groups excluding carboxylic acids is 1. The number of fused-ring (bicyclic) bond motifs is 2. The highest BCUT2D eigenvalue weighted by Gasteiger charge is 2.22. The van der Waals surface area contributed by atoms with Gasteiger partial charge in [-0.3, -0.25) is 14.8 Å². The van der Waals surface area contributed by atoms with Gasteiger partial charge in [-0.1, -0.05) is 30.3 Å². The lowest BCUT2D eigenvalue weighted by Crippen LogP contribution is -2.44. The summed E-state index contributed by atoms with van der Waals surface area (Å²) >= 11 is 1.40. The number of piperidine rings is 1. The van der Waals surface area contributed by atoms with Crippen molar-refractivity contribution in [3.05, 3.63) is 77.6 Å². The maximum Gasteiger partial charge on any atom is 0.261 e. The van der Waals surface area contributed by atoms with Crippen LogP contribution in [0.15, 0.2) is 67.1 Å². The van der Waals surface area contributed by atoms with Gasteiger partial charge in [0.1, 0.15) is 17.0 Å². The van der Waals surface area contributed by atoms with Crippen molar-refractivity contribution in [3.8, 4) is 0 Å². The van der Waals surface area contributed by atoms with E-state index < -0.39 is 0 Å². The number of carbonyl (C=O) groups is 1. The van der Waals surface area contributed by atoms with Crippen LogP contribution in [0.25, 0.3) is 21.1 Å². The second-order valence-corrected chi connectivity index (χ2v) is 9.89. The van der Waals surface area contributed by atoms with Crippen LogP contribution in [-0.2, 0) is 6.54 Å². The van der Waals surface area contributed by atoms with Crippen LogP contribution < -0.4 is 10.6 Å². The summed E-state index contributed by atoms with van der Waals surface area (Å²) in [4.78, 5) is 25.7. The van der Waals surface area contributed by atoms with E-state index in [9.17, 15) is 4.79 Å². The largest absolute Gasteiger partial charge is 0.349 e. The summed E-state index contributed by atoms with van der Waals surface area (Å²) in [7, 11) is 0. The van der Waals surface area contributed by atoms with Crippen molar-refractivity contribution in [2.45, 2.75) is 25.4 Å². The molecule has 1 aliphatic heterocycles. The fraction of sp³-hybridized carbons (Fsp3) is 0.231. The third-order valence-electron chi connectivity index (χ3n) is 6.43. The summed E-state index contributed by atoms with van der Waals surface area (Å²) in [5.41, 5.74) is 3.16. The molecule has 0 atom stereocenters. The predicted octanol–water partition coefficient (Wildman–Crippen LogP) is 4.71. The van der Waals surface area contributed by atoms with Gasteiger partial charge in [-0.2, -0.15) is 5.10 Å². The predicted molar refractivity (Wildman–Crippen MR) is 139 cm³/mol. The first-order chi connectivity index (χ1) is 17.2. The third kappa shape index (κ3) is 4.73. The average Bonchev–Trinajstić information content (AvgIpc) is 3.53. The molecule has 6 rings (SSSR count). The molecule has 3 N–H and O–H groups in total. The number of anilines is 2. The van der Waals surface area contributed by atoms with Crippen LogP contribution in [0.3, 0.4) is 0 Å². The Hall–Kier alpha value is -3.82. The normalized spacial score (nSPS) is 15.0. The number of aromatic nitrogens is 4. The molecular formula is C26H25N7OS. The molecule has 0 unspecified atom stereocenters. The Morgan fingerprint density at radius 2 is 1.94 bits per heavy atom. The van der Waals surface area contributed by atoms with Crippen molar-refractivity contribution < 1.29 is 4.79 Å². The Labute approximate surface area is 206 Å². The lowest BCUT2D eigenvalue weighted by molar-refractivity contribution is 0.0913. The van der Waals surface area contributed by atoms with Gasteiger partial charge < -0.3 is 10.6 Å². The molecule has 9 heteroatoms. The Bertz CT molecular complexity index is 1470. The first kappa shape index (κ1) is 21.7. The van der Waals surface area contributed by atoms with Gasteiger partial charge >= 0.3 is 0 Å². The number of rotatable bonds is 6. The van der Waals surface area contributed by atoms with Gasteiger partial charge in [-0.25, -0.2) is 9.97 Å². The van der Waals surface area contributed by atoms with Gasteiger partial charge in [0, 0.05) is 36.7 Å². The molecule has 0 aliphatic carbocycles. The molecule has 3 aromatic heterocycles. The Morgan fingerprint density at radius 1 is 1.09 bits per heavy atom. The summed E-state index contributed by atoms with van der Waals surface area (Å²) in [6, 6.07) is 18.6. The highest BCUT2D eigenvalue weighted by atomic mass is 32.1. The zero-order chi connectivity index (χ0) is 23.6. The van der Waals surface area contributed by atoms with Gasteiger partial charge in [0.15, 0.2) is 0 Å². The smallest absolute Gasteiger partial charge is 0.261 e. The molecule has 1 amide bonds. The van der Waals surface area contributed by atoms with Gasteiger partial charge in [0.2, 0.25) is 0 Å². The fourth-order valence-corrected chi connectivity index (χ4v) is 5.45. The van der Waals surface area contributed by atoms with Crippen LogP contribution in [0, 0.1) is 0 Å². The number of aromatic amines is 1. The Morgan fingerprint density at radius 3 is 2.80 bits per heavy atom. The molecule has 1 saturated heterocycles. The van der Waals surface area contributed by atoms with Gasteiger partial charge in [0.25, 0.3) is 5.91 Å². The molecule has 4 heterocycles. The van der Waals surface area contributed by atoms with Crippen molar-refractivity contribution >= 4 is 49.9 Å². The molecule has 5 aromatic rings. The maximum atomic E-state index is 13.0. The fourth-order valence-electron chi connectivity index (χ4n) is 4.55. The Kier molecular flexibility index (Phi) is 5.85. The zero-order valence-corrected chi connectivity index (χ0v) is 19.9. The molecule has 1 aliphatic rings. The van der Waals surface area contributed by atoms with Crippen LogP contribution in [0.2, 0.25) is 0 Å². The van der Waals surface area contributed by atoms with Gasteiger partial charge in [-0.05, 0) is 42.7 Å². The SMILES string of the molecule is O=C(NC1CCN(Cc2ccccc2)CC1)c1cc2c(Nc3ccc4cn[nH]c4c3)ncnc2s1. The minimum atomic E-state index is -0.0423. The van der Waals surface area contributed by atoms with Crippen molar-refractivity contribution in [1.82, 2.24) is 30.4 Å². The molecule has 0 bridgehead atoms. The van der Waals surface area contributed by atoms with Crippen molar-refractivity contribution in [2.75, 3.05) is 18.4 Å². The number of amides is 1. The number of hydrogen-bond donors (Lipinski definition) is 3. The minimum Gasteiger partial charge on any atom is -0.349 e. The quantitative estimate of drug-likeness (QED) is 0.324. The zero-order valence-electron chi connectivity index (χ0n) is 19.1. The maximum absolute atomic E-state index is 13.0. The van der Waals surface area contributed by atoms with Gasteiger partial charge in [-0.15, -0.1) is 11.3 Å². The lowest BCUT2D eigenvalue weighted by atomic mass is 10.0. The molecule has 176 valence electrons. The number of benzene rings is 2. The summed E-state index contributed by atoms with van der Waals surface area (Å²) in [5, 5.41) is 15.5. The van der Waals surface area contributed by atoms with E-state index in [0.29, 0.717) is 10.7 Å². The molecular weight excluding hydrogens is 458 g/mol. The van der Waals surface area contributed by atoms with Crippen molar-refractivity contribution in [1.29, 1.82) is 0 Å². The molecule has 1 fully saturated rings. The number of H-pyrrole nitrogens is 1. The monoisotopic (exact) mass is 483 g/mol. The van der Waals surface area contributed by atoms with Crippen LogP contribution >= 0.6 is 11.3 Å². The van der Waals surface area contributed by atoms with Crippen LogP contribution in [0.5, 0.6) is 0 Å². The number of likely N-dealkylation sites (tertiary alicyclic amines) is 1. The average molecular weight is 484 g/mol. The van der Waals surface area contributed by atoms with E-state index in [1.807, 2.05) is 30.3 Å². The van der Waals surface area contributed by atoms with Gasteiger partial charge in [0.05, 0.1) is 22.0 Å². The lowest BCUT2D eigenvalue weighted by Gasteiger charge is -2.32. The summed E-state index contributed by atoms with van der Waals surface area (Å²) in [6.07, 6.45) is 5.22. The Balaban J connectivity index is 1.11. The molecule has 0 spiro atoms. The second kappa shape index (κ2) is 9.44. The first-order valence-electron chi connectivity index (χ1n) is 11.7. The van der Waals surface area contributed by atoms with E-state index in [1.54, 1.807) is 6.20 Å². The van der Waals surface area contributed by atoms with E-state index in [0.717, 1.165) is 59.3 Å². The third-order valence-corrected chi connectivity index (χ3v) is 7.47. The molecule has 35 heavy (non-hydrogen) atoms. The highest BCUT2D eigenvalue weighted by Crippen LogP contribution is 2.30. The number of thiophene rings is 1. The van der Waals surface area contributed by atoms with E-state index in [4.69, 9.17) is 0 Å². The molecule has 2 aromatic carbocycles. The topological polar surface area (TPSA) is 98.8 Å². The summed E-state index contributed by atoms with van der Waals surface area (Å²) in [5.74, 6) is 0.637. The van der Waals surface area contributed by atoms with E-state index in [2.05, 4.69) is 60.0 Å². The molecule has 0 radical (unpaired) electrons. The van der Waals surface area contributed by atoms with Crippen molar-refractivity contribution in [2.24, 2.45) is 0 Å². The standard InChI is InChI=1S/C26H25N7OS/c34-25(31-19-8-10-33(11-9-19)15-17-4-2-1-3-5-17)23-13-21-24(27-16-28-26(21)35-23)30-20-7-6-18-14-29-32-22(18)12-20/h1-7,12-14,16,19H,8-11,15H2,(H,29,32)(H,31,34)(H,27,28,30). The first-order valence-corrected chi connectivity index (χ1v) is 12.5. The number of nitrogens with zero attached hydrogens (tertiary/aromatic N) is 4.